The van der Waals surface area contributed by atoms with Crippen molar-refractivity contribution in [2.24, 2.45) is 11.8 Å². The molecule has 2 amide bonds. The number of ketones is 1. The van der Waals surface area contributed by atoms with Gasteiger partial charge in [0.2, 0.25) is 11.8 Å². The zero-order valence-electron chi connectivity index (χ0n) is 18.0. The molecule has 4 rings (SSSR count). The molecule has 1 aliphatic carbocycles. The number of fused-ring (bicyclic) bond motifs is 2. The van der Waals surface area contributed by atoms with E-state index in [0.717, 1.165) is 21.8 Å². The number of esters is 1. The van der Waals surface area contributed by atoms with Crippen molar-refractivity contribution >= 4 is 29.3 Å². The van der Waals surface area contributed by atoms with Crippen LogP contribution in [0.15, 0.2) is 48.2 Å². The average molecular weight is 422 g/mol. The van der Waals surface area contributed by atoms with E-state index in [-0.39, 0.29) is 23.0 Å². The van der Waals surface area contributed by atoms with Crippen LogP contribution in [0.2, 0.25) is 0 Å². The maximum atomic E-state index is 12.5. The number of carbonyl (C=O) groups is 4. The zero-order valence-corrected chi connectivity index (χ0v) is 18.0. The van der Waals surface area contributed by atoms with E-state index in [4.69, 9.17) is 4.74 Å². The number of hydrogen-bond acceptors (Lipinski definition) is 6. The molecular formula is C24H26N2O5. The van der Waals surface area contributed by atoms with Crippen LogP contribution in [0.25, 0.3) is 0 Å². The molecule has 7 heteroatoms. The largest absolute Gasteiger partial charge is 0.456 e. The summed E-state index contributed by atoms with van der Waals surface area (Å²) in [5, 5.41) is 0. The number of imide groups is 1. The number of nitrogens with zero attached hydrogens (tertiary/aromatic N) is 2. The number of hydrogen-bond donors (Lipinski definition) is 0. The third-order valence-electron chi connectivity index (χ3n) is 6.50. The Morgan fingerprint density at radius 3 is 2.32 bits per heavy atom. The second-order valence-corrected chi connectivity index (χ2v) is 8.78. The van der Waals surface area contributed by atoms with Crippen LogP contribution in [0.3, 0.4) is 0 Å². The molecule has 0 saturated carbocycles. The molecule has 1 aromatic carbocycles. The summed E-state index contributed by atoms with van der Waals surface area (Å²) in [5.41, 5.74) is 2.61. The molecule has 0 aromatic heterocycles. The number of anilines is 1. The molecule has 2 aliphatic heterocycles. The SMILES string of the molecule is CN1C(=CC(=O)COC(=O)CN2C(=O)[C@H]3CC=CC[C@H]3C2=O)C(C)(C)c2ccccc21. The number of para-hydroxylation sites is 1. The van der Waals surface area contributed by atoms with Gasteiger partial charge in [-0.2, -0.15) is 0 Å². The quantitative estimate of drug-likeness (QED) is 0.314. The van der Waals surface area contributed by atoms with Gasteiger partial charge >= 0.3 is 5.97 Å². The van der Waals surface area contributed by atoms with Crippen LogP contribution in [0.5, 0.6) is 0 Å². The van der Waals surface area contributed by atoms with Crippen molar-refractivity contribution in [3.63, 3.8) is 0 Å². The van der Waals surface area contributed by atoms with Gasteiger partial charge < -0.3 is 9.64 Å². The van der Waals surface area contributed by atoms with Gasteiger partial charge in [-0.1, -0.05) is 44.2 Å². The van der Waals surface area contributed by atoms with Crippen LogP contribution < -0.4 is 4.90 Å². The van der Waals surface area contributed by atoms with Gasteiger partial charge in [-0.15, -0.1) is 0 Å². The van der Waals surface area contributed by atoms with E-state index in [9.17, 15) is 19.2 Å². The van der Waals surface area contributed by atoms with E-state index in [1.165, 1.54) is 6.08 Å². The van der Waals surface area contributed by atoms with Crippen LogP contribution in [0, 0.1) is 11.8 Å². The van der Waals surface area contributed by atoms with E-state index < -0.39 is 31.0 Å². The summed E-state index contributed by atoms with van der Waals surface area (Å²) in [7, 11) is 1.90. The fraction of sp³-hybridized carbons (Fsp3) is 0.417. The van der Waals surface area contributed by atoms with Crippen LogP contribution in [-0.2, 0) is 29.3 Å². The number of likely N-dealkylation sites (N-methyl/N-ethyl adjacent to an activating group) is 1. The summed E-state index contributed by atoms with van der Waals surface area (Å²) in [6.07, 6.45) is 6.30. The van der Waals surface area contributed by atoms with Gasteiger partial charge in [0.05, 0.1) is 11.8 Å². The zero-order chi connectivity index (χ0) is 22.3. The summed E-state index contributed by atoms with van der Waals surface area (Å²) >= 11 is 0. The average Bonchev–Trinajstić information content (AvgIpc) is 3.11. The Labute approximate surface area is 181 Å². The highest BCUT2D eigenvalue weighted by Gasteiger charge is 2.47. The van der Waals surface area contributed by atoms with Crippen LogP contribution in [0.4, 0.5) is 5.69 Å². The van der Waals surface area contributed by atoms with E-state index in [1.807, 2.05) is 62.2 Å². The lowest BCUT2D eigenvalue weighted by Crippen LogP contribution is -2.37. The highest BCUT2D eigenvalue weighted by molar-refractivity contribution is 6.07. The van der Waals surface area contributed by atoms with Crippen molar-refractivity contribution in [3.8, 4) is 0 Å². The maximum absolute atomic E-state index is 12.5. The topological polar surface area (TPSA) is 84.0 Å². The second kappa shape index (κ2) is 7.80. The molecule has 0 N–H and O–H groups in total. The summed E-state index contributed by atoms with van der Waals surface area (Å²) < 4.78 is 5.09. The number of allylic oxidation sites excluding steroid dienone is 3. The molecule has 1 fully saturated rings. The Hall–Kier alpha value is -3.22. The monoisotopic (exact) mass is 422 g/mol. The van der Waals surface area contributed by atoms with Crippen LogP contribution in [0.1, 0.15) is 32.3 Å². The summed E-state index contributed by atoms with van der Waals surface area (Å²) in [4.78, 5) is 52.6. The Morgan fingerprint density at radius 2 is 1.71 bits per heavy atom. The van der Waals surface area contributed by atoms with E-state index in [1.54, 1.807) is 0 Å². The van der Waals surface area contributed by atoms with Gasteiger partial charge in [0.1, 0.15) is 6.54 Å². The first-order chi connectivity index (χ1) is 14.7. The minimum Gasteiger partial charge on any atom is -0.456 e. The maximum Gasteiger partial charge on any atom is 0.326 e. The van der Waals surface area contributed by atoms with Crippen molar-refractivity contribution in [3.05, 3.63) is 53.8 Å². The third kappa shape index (κ3) is 3.58. The predicted octanol–water partition coefficient (Wildman–Crippen LogP) is 2.36. The normalized spacial score (nSPS) is 25.1. The highest BCUT2D eigenvalue weighted by atomic mass is 16.5. The number of amides is 2. The molecule has 7 nitrogen and oxygen atoms in total. The Bertz CT molecular complexity index is 997. The first-order valence-corrected chi connectivity index (χ1v) is 10.5. The number of likely N-dealkylation sites (tertiary alicyclic amines) is 1. The summed E-state index contributed by atoms with van der Waals surface area (Å²) in [5.74, 6) is -2.57. The van der Waals surface area contributed by atoms with Crippen molar-refractivity contribution < 1.29 is 23.9 Å². The van der Waals surface area contributed by atoms with Crippen molar-refractivity contribution in [1.29, 1.82) is 0 Å². The van der Waals surface area contributed by atoms with Gasteiger partial charge in [0, 0.05) is 29.9 Å². The lowest BCUT2D eigenvalue weighted by molar-refractivity contribution is -0.154. The van der Waals surface area contributed by atoms with Gasteiger partial charge in [0.15, 0.2) is 12.4 Å². The first-order valence-electron chi connectivity index (χ1n) is 10.5. The summed E-state index contributed by atoms with van der Waals surface area (Å²) in [6.45, 7) is 3.19. The molecule has 162 valence electrons. The Kier molecular flexibility index (Phi) is 5.29. The molecule has 2 atom stereocenters. The minimum absolute atomic E-state index is 0.336. The Morgan fingerprint density at radius 1 is 1.10 bits per heavy atom. The van der Waals surface area contributed by atoms with Crippen LogP contribution in [-0.4, -0.2) is 48.7 Å². The molecule has 1 saturated heterocycles. The number of ether oxygens (including phenoxy) is 1. The van der Waals surface area contributed by atoms with Crippen molar-refractivity contribution in [2.45, 2.75) is 32.1 Å². The van der Waals surface area contributed by atoms with Crippen molar-refractivity contribution in [1.82, 2.24) is 4.90 Å². The molecular weight excluding hydrogens is 396 g/mol. The van der Waals surface area contributed by atoms with Gasteiger partial charge in [-0.3, -0.25) is 24.1 Å². The molecule has 0 spiro atoms. The van der Waals surface area contributed by atoms with Gasteiger partial charge in [0.25, 0.3) is 0 Å². The lowest BCUT2D eigenvalue weighted by Gasteiger charge is -2.23. The molecule has 1 aromatic rings. The van der Waals surface area contributed by atoms with E-state index >= 15 is 0 Å². The van der Waals surface area contributed by atoms with Crippen LogP contribution >= 0.6 is 0 Å². The number of benzene rings is 1. The van der Waals surface area contributed by atoms with E-state index in [0.29, 0.717) is 12.8 Å². The number of rotatable bonds is 5. The Balaban J connectivity index is 1.37. The smallest absolute Gasteiger partial charge is 0.326 e. The fourth-order valence-corrected chi connectivity index (χ4v) is 4.80. The minimum atomic E-state index is -0.762. The fourth-order valence-electron chi connectivity index (χ4n) is 4.80. The predicted molar refractivity (Wildman–Crippen MR) is 114 cm³/mol. The second-order valence-electron chi connectivity index (χ2n) is 8.78. The molecule has 0 radical (unpaired) electrons. The van der Waals surface area contributed by atoms with E-state index in [2.05, 4.69) is 0 Å². The first kappa shape index (κ1) is 21.0. The van der Waals surface area contributed by atoms with Gasteiger partial charge in [-0.05, 0) is 24.5 Å². The third-order valence-corrected chi connectivity index (χ3v) is 6.50. The molecule has 3 aliphatic rings. The molecule has 0 unspecified atom stereocenters. The van der Waals surface area contributed by atoms with Gasteiger partial charge in [-0.25, -0.2) is 0 Å². The highest BCUT2D eigenvalue weighted by Crippen LogP contribution is 2.46. The summed E-state index contributed by atoms with van der Waals surface area (Å²) in [6, 6.07) is 7.95. The molecule has 2 heterocycles. The standard InChI is InChI=1S/C24H26N2O5/c1-24(2)18-10-6-7-11-19(18)25(3)20(24)12-15(27)14-31-21(28)13-26-22(29)16-8-4-5-9-17(16)23(26)30/h4-7,10-12,16-17H,8-9,13-14H2,1-3H3/t16-,17+. The van der Waals surface area contributed by atoms with Crippen molar-refractivity contribution in [2.75, 3.05) is 25.1 Å². The molecule has 0 bridgehead atoms. The molecule has 31 heavy (non-hydrogen) atoms. The lowest BCUT2D eigenvalue weighted by atomic mass is 9.83. The number of carbonyl (C=O) groups excluding carboxylic acids is 4.